The minimum atomic E-state index is -1.10. The normalized spacial score (nSPS) is 9.38. The topological polar surface area (TPSA) is 423 Å². The molecule has 0 aliphatic carbocycles. The second kappa shape index (κ2) is 41.2. The summed E-state index contributed by atoms with van der Waals surface area (Å²) < 4.78 is 4.98. The minimum Gasteiger partial charge on any atom is -0.481 e. The van der Waals surface area contributed by atoms with Crippen LogP contribution in [0.4, 0.5) is 0 Å². The standard InChI is InChI=1S/C9H16N2O5.C8H16N2O2.C7H13N3O3.C6H10N2O4.C4H8N2O2/c1-6(12)10-3-8(4-11-7(2)13)16-5-9(14)15;1-6(4-9-7(2)11)5-10-8(3)12;1-6(12)8-3-10(5-11)4-9-7(2)13;9-3-7-1-5(6(11)12)2-8-4-10;1-2(3(5)7)4(6)8/h8H,3-5H2,1-2H3,(H,10,12)(H,11,13)(H,14,15);6H,4-5H2,1-3H3,(H,9,11)(H,10,12);5H,3-4H2,1-2H3,(H,8,12)(H,9,13);3-5H,1-2H2,(H,7,9)(H,8,10)(H,11,12);2H,1H3,(H2,5,7)(H2,6,8). The quantitative estimate of drug-likeness (QED) is 0.0231. The van der Waals surface area contributed by atoms with E-state index in [-0.39, 0.29) is 80.9 Å². The van der Waals surface area contributed by atoms with Crippen molar-refractivity contribution >= 4 is 78.4 Å². The monoisotopic (exact) mass is 881 g/mol. The van der Waals surface area contributed by atoms with Gasteiger partial charge in [0.15, 0.2) is 0 Å². The summed E-state index contributed by atoms with van der Waals surface area (Å²) in [4.78, 5) is 135. The minimum absolute atomic E-state index is 0.0136. The Morgan fingerprint density at radius 1 is 0.557 bits per heavy atom. The van der Waals surface area contributed by atoms with E-state index in [2.05, 4.69) is 42.5 Å². The van der Waals surface area contributed by atoms with Crippen LogP contribution in [-0.4, -0.2) is 159 Å². The van der Waals surface area contributed by atoms with Gasteiger partial charge in [0, 0.05) is 80.8 Å². The predicted octanol–water partition coefficient (Wildman–Crippen LogP) is -5.97. The number of ether oxygens (including phenoxy) is 1. The molecule has 0 aromatic heterocycles. The molecule has 0 saturated heterocycles. The lowest BCUT2D eigenvalue weighted by atomic mass is 10.1. The maximum absolute atomic E-state index is 10.7. The number of hydrogen-bond acceptors (Lipinski definition) is 14. The molecule has 0 saturated carbocycles. The smallest absolute Gasteiger partial charge is 0.329 e. The summed E-state index contributed by atoms with van der Waals surface area (Å²) in [6.45, 7) is 12.9. The molecule has 0 rings (SSSR count). The van der Waals surface area contributed by atoms with Crippen molar-refractivity contribution in [2.75, 3.05) is 59.2 Å². The highest BCUT2D eigenvalue weighted by Crippen LogP contribution is 1.92. The summed E-state index contributed by atoms with van der Waals surface area (Å²) in [5.41, 5.74) is 9.39. The molecule has 61 heavy (non-hydrogen) atoms. The van der Waals surface area contributed by atoms with E-state index in [0.717, 1.165) is 0 Å². The Morgan fingerprint density at radius 2 is 0.885 bits per heavy atom. The Labute approximate surface area is 352 Å². The van der Waals surface area contributed by atoms with Crippen molar-refractivity contribution in [2.45, 2.75) is 61.5 Å². The van der Waals surface area contributed by atoms with Crippen LogP contribution >= 0.6 is 0 Å². The molecule has 0 aromatic carbocycles. The van der Waals surface area contributed by atoms with Crippen LogP contribution in [0.1, 0.15) is 55.4 Å². The number of rotatable bonds is 25. The van der Waals surface area contributed by atoms with Crippen LogP contribution in [0.2, 0.25) is 0 Å². The van der Waals surface area contributed by atoms with Gasteiger partial charge in [0.25, 0.3) is 0 Å². The van der Waals surface area contributed by atoms with E-state index < -0.39 is 48.3 Å². The van der Waals surface area contributed by atoms with E-state index >= 15 is 0 Å². The number of carbonyl (C=O) groups excluding carboxylic acids is 11. The first-order chi connectivity index (χ1) is 28.3. The second-order valence-electron chi connectivity index (χ2n) is 12.3. The number of carboxylic acids is 2. The van der Waals surface area contributed by atoms with Gasteiger partial charge in [-0.1, -0.05) is 6.92 Å². The van der Waals surface area contributed by atoms with Gasteiger partial charge in [0.2, 0.25) is 66.5 Å². The van der Waals surface area contributed by atoms with Crippen LogP contribution in [0, 0.1) is 17.8 Å². The summed E-state index contributed by atoms with van der Waals surface area (Å²) in [5.74, 6) is -5.89. The SMILES string of the molecule is CC(=O)NCC(C)CNC(C)=O.CC(=O)NCC(CNC(C)=O)OCC(=O)O.CC(=O)NCN(C=O)CNC(C)=O.CC(C(N)=O)C(N)=O.O=CNCC(CNC=O)C(=O)O. The van der Waals surface area contributed by atoms with Crippen molar-refractivity contribution in [3.05, 3.63) is 0 Å². The number of hydrogen-bond donors (Lipinski definition) is 12. The summed E-state index contributed by atoms with van der Waals surface area (Å²) in [5, 5.41) is 36.6. The molecule has 0 aliphatic heterocycles. The van der Waals surface area contributed by atoms with Crippen molar-refractivity contribution in [2.24, 2.45) is 29.2 Å². The van der Waals surface area contributed by atoms with E-state index in [9.17, 15) is 62.3 Å². The third-order valence-electron chi connectivity index (χ3n) is 6.31. The molecular weight excluding hydrogens is 818 g/mol. The van der Waals surface area contributed by atoms with Gasteiger partial charge in [0.05, 0.1) is 25.4 Å². The number of nitrogens with zero attached hydrogens (tertiary/aromatic N) is 1. The highest BCUT2D eigenvalue weighted by atomic mass is 16.5. The highest BCUT2D eigenvalue weighted by Gasteiger charge is 2.16. The average Bonchev–Trinajstić information content (AvgIpc) is 3.16. The summed E-state index contributed by atoms with van der Waals surface area (Å²) in [7, 11) is 0. The number of primary amides is 2. The first-order valence-corrected chi connectivity index (χ1v) is 17.9. The molecule has 0 aliphatic rings. The number of carbonyl (C=O) groups is 13. The average molecular weight is 882 g/mol. The molecule has 0 aromatic rings. The summed E-state index contributed by atoms with van der Waals surface area (Å²) >= 11 is 0. The fraction of sp³-hybridized carbons (Fsp3) is 0.618. The van der Waals surface area contributed by atoms with Gasteiger partial charge in [-0.25, -0.2) is 4.79 Å². The van der Waals surface area contributed by atoms with Crippen molar-refractivity contribution in [3.63, 3.8) is 0 Å². The van der Waals surface area contributed by atoms with Crippen molar-refractivity contribution < 1.29 is 77.3 Å². The number of nitrogens with one attached hydrogen (secondary N) is 8. The maximum atomic E-state index is 10.7. The molecular formula is C34H63N11O16. The van der Waals surface area contributed by atoms with Crippen LogP contribution < -0.4 is 54.0 Å². The van der Waals surface area contributed by atoms with Crippen molar-refractivity contribution in [3.8, 4) is 0 Å². The molecule has 350 valence electrons. The van der Waals surface area contributed by atoms with Gasteiger partial charge in [-0.05, 0) is 12.8 Å². The molecule has 0 spiro atoms. The molecule has 0 bridgehead atoms. The highest BCUT2D eigenvalue weighted by molar-refractivity contribution is 5.98. The molecule has 0 heterocycles. The lowest BCUT2D eigenvalue weighted by molar-refractivity contribution is -0.144. The zero-order valence-corrected chi connectivity index (χ0v) is 35.6. The second-order valence-corrected chi connectivity index (χ2v) is 12.3. The lowest BCUT2D eigenvalue weighted by Crippen LogP contribution is -2.42. The molecule has 27 nitrogen and oxygen atoms in total. The van der Waals surface area contributed by atoms with E-state index in [1.165, 1.54) is 53.4 Å². The van der Waals surface area contributed by atoms with Gasteiger partial charge < -0.3 is 73.9 Å². The van der Waals surface area contributed by atoms with Crippen molar-refractivity contribution in [1.82, 2.24) is 47.4 Å². The molecule has 14 N–H and O–H groups in total. The Kier molecular flexibility index (Phi) is 42.8. The van der Waals surface area contributed by atoms with Gasteiger partial charge >= 0.3 is 11.9 Å². The molecule has 27 heteroatoms. The Balaban J connectivity index is -0.000000217. The zero-order valence-electron chi connectivity index (χ0n) is 35.6. The first-order valence-electron chi connectivity index (χ1n) is 17.9. The van der Waals surface area contributed by atoms with Gasteiger partial charge in [-0.3, -0.25) is 57.5 Å². The fourth-order valence-corrected chi connectivity index (χ4v) is 2.93. The molecule has 0 fully saturated rings. The lowest BCUT2D eigenvalue weighted by Gasteiger charge is -2.17. The van der Waals surface area contributed by atoms with Crippen LogP contribution in [0.25, 0.3) is 0 Å². The number of amides is 11. The van der Waals surface area contributed by atoms with Gasteiger partial charge in [-0.2, -0.15) is 0 Å². The zero-order chi connectivity index (χ0) is 48.5. The third-order valence-corrected chi connectivity index (χ3v) is 6.31. The number of aliphatic carboxylic acids is 2. The fourth-order valence-electron chi connectivity index (χ4n) is 2.93. The van der Waals surface area contributed by atoms with E-state index in [4.69, 9.17) is 26.4 Å². The van der Waals surface area contributed by atoms with Crippen LogP contribution in [0.5, 0.6) is 0 Å². The van der Waals surface area contributed by atoms with Gasteiger partial charge in [0.1, 0.15) is 12.5 Å². The number of carboxylic acid groups (broad SMARTS) is 2. The molecule has 0 atom stereocenters. The summed E-state index contributed by atoms with van der Waals surface area (Å²) in [6, 6.07) is 0. The molecule has 11 amide bonds. The molecule has 0 radical (unpaired) electrons. The Hall–Kier alpha value is -6.93. The van der Waals surface area contributed by atoms with E-state index in [1.807, 2.05) is 6.92 Å². The van der Waals surface area contributed by atoms with Crippen LogP contribution in [-0.2, 0) is 67.1 Å². The van der Waals surface area contributed by atoms with Crippen molar-refractivity contribution in [1.29, 1.82) is 0 Å². The largest absolute Gasteiger partial charge is 0.481 e. The predicted molar refractivity (Wildman–Crippen MR) is 213 cm³/mol. The first kappa shape index (κ1) is 63.2. The third kappa shape index (κ3) is 55.2. The van der Waals surface area contributed by atoms with E-state index in [0.29, 0.717) is 32.3 Å². The van der Waals surface area contributed by atoms with Crippen LogP contribution in [0.3, 0.4) is 0 Å². The van der Waals surface area contributed by atoms with E-state index in [1.54, 1.807) is 0 Å². The number of nitrogens with two attached hydrogens (primary N) is 2. The Morgan fingerprint density at radius 3 is 1.11 bits per heavy atom. The van der Waals surface area contributed by atoms with Crippen LogP contribution in [0.15, 0.2) is 0 Å². The summed E-state index contributed by atoms with van der Waals surface area (Å²) in [6.07, 6.45) is 0.823. The molecule has 0 unspecified atom stereocenters. The van der Waals surface area contributed by atoms with Gasteiger partial charge in [-0.15, -0.1) is 0 Å². The maximum Gasteiger partial charge on any atom is 0.329 e. The Bertz CT molecular complexity index is 1300.